The normalized spacial score (nSPS) is 11.2. The largest absolute Gasteiger partial charge is 0.286 e. The van der Waals surface area contributed by atoms with E-state index in [1.807, 2.05) is 0 Å². The number of aromatic amines is 1. The van der Waals surface area contributed by atoms with E-state index in [9.17, 15) is 9.18 Å². The predicted octanol–water partition coefficient (Wildman–Crippen LogP) is 3.51. The first-order chi connectivity index (χ1) is 10.0. The number of H-pyrrole nitrogens is 1. The summed E-state index contributed by atoms with van der Waals surface area (Å²) >= 11 is 7.12. The lowest BCUT2D eigenvalue weighted by molar-refractivity contribution is 0.638. The molecule has 0 fully saturated rings. The molecule has 3 rings (SSSR count). The smallest absolute Gasteiger partial charge is 0.286 e. The van der Waals surface area contributed by atoms with Gasteiger partial charge in [0.1, 0.15) is 5.69 Å². The topological polar surface area (TPSA) is 50.2 Å². The Labute approximate surface area is 128 Å². The molecule has 0 unspecified atom stereocenters. The first-order valence-corrected chi connectivity index (χ1v) is 7.74. The van der Waals surface area contributed by atoms with Crippen LogP contribution in [0, 0.1) is 12.7 Å². The van der Waals surface area contributed by atoms with Gasteiger partial charge < -0.3 is 0 Å². The van der Waals surface area contributed by atoms with E-state index in [1.165, 1.54) is 11.8 Å². The molecule has 1 aromatic carbocycles. The number of nitrogens with zero attached hydrogens (tertiary/aromatic N) is 2. The number of rotatable bonds is 2. The van der Waals surface area contributed by atoms with E-state index in [0.717, 1.165) is 4.52 Å². The average molecular weight is 324 g/mol. The molecular weight excluding hydrogens is 313 g/mol. The first-order valence-electron chi connectivity index (χ1n) is 6.13. The molecule has 0 amide bonds. The minimum absolute atomic E-state index is 0.000231. The molecule has 7 heteroatoms. The molecule has 0 bridgehead atoms. The third-order valence-electron chi connectivity index (χ3n) is 3.19. The Bertz CT molecular complexity index is 886. The number of halogens is 2. The lowest BCUT2D eigenvalue weighted by Gasteiger charge is -2.00. The molecule has 2 heterocycles. The van der Waals surface area contributed by atoms with Crippen LogP contribution in [0.1, 0.15) is 5.69 Å². The van der Waals surface area contributed by atoms with Crippen LogP contribution in [0.2, 0.25) is 5.02 Å². The van der Waals surface area contributed by atoms with Crippen molar-refractivity contribution in [2.75, 3.05) is 6.26 Å². The molecule has 4 nitrogen and oxygen atoms in total. The van der Waals surface area contributed by atoms with Gasteiger partial charge in [-0.3, -0.25) is 9.89 Å². The van der Waals surface area contributed by atoms with Crippen molar-refractivity contribution in [3.05, 3.63) is 51.2 Å². The molecule has 0 atom stereocenters. The summed E-state index contributed by atoms with van der Waals surface area (Å²) in [7, 11) is 0. The molecule has 0 radical (unpaired) electrons. The maximum absolute atomic E-state index is 14.5. The zero-order valence-corrected chi connectivity index (χ0v) is 12.8. The van der Waals surface area contributed by atoms with Crippen molar-refractivity contribution in [2.45, 2.75) is 11.8 Å². The number of thioether (sulfide) groups is 1. The van der Waals surface area contributed by atoms with Crippen LogP contribution in [0.3, 0.4) is 0 Å². The van der Waals surface area contributed by atoms with E-state index < -0.39 is 5.82 Å². The standard InChI is InChI=1S/C14H11ClFN3OS/c1-7-12(21-2)14(20)19-13(17-7)10(16)11(18-19)8-3-5-9(15)6-4-8/h3-6,18H,1-2H3. The highest BCUT2D eigenvalue weighted by atomic mass is 35.5. The highest BCUT2D eigenvalue weighted by Gasteiger charge is 2.18. The van der Waals surface area contributed by atoms with Crippen LogP contribution in [0.15, 0.2) is 34.0 Å². The number of aromatic nitrogens is 3. The molecule has 21 heavy (non-hydrogen) atoms. The fraction of sp³-hybridized carbons (Fsp3) is 0.143. The second-order valence-corrected chi connectivity index (χ2v) is 5.76. The third kappa shape index (κ3) is 2.24. The summed E-state index contributed by atoms with van der Waals surface area (Å²) < 4.78 is 15.7. The van der Waals surface area contributed by atoms with Gasteiger partial charge in [0.25, 0.3) is 5.56 Å². The van der Waals surface area contributed by atoms with Gasteiger partial charge in [0.15, 0.2) is 11.5 Å². The SMILES string of the molecule is CSc1c(C)nc2c(F)c(-c3ccc(Cl)cc3)[nH]n2c1=O. The molecule has 0 saturated heterocycles. The van der Waals surface area contributed by atoms with Gasteiger partial charge in [-0.25, -0.2) is 9.37 Å². The van der Waals surface area contributed by atoms with E-state index in [0.29, 0.717) is 21.2 Å². The summed E-state index contributed by atoms with van der Waals surface area (Å²) in [5, 5.41) is 3.34. The van der Waals surface area contributed by atoms with Crippen molar-refractivity contribution >= 4 is 29.0 Å². The van der Waals surface area contributed by atoms with Gasteiger partial charge in [0.2, 0.25) is 0 Å². The van der Waals surface area contributed by atoms with Crippen molar-refractivity contribution in [3.8, 4) is 11.3 Å². The lowest BCUT2D eigenvalue weighted by atomic mass is 10.1. The second-order valence-electron chi connectivity index (χ2n) is 4.50. The molecule has 0 saturated carbocycles. The van der Waals surface area contributed by atoms with Gasteiger partial charge >= 0.3 is 0 Å². The maximum atomic E-state index is 14.5. The Morgan fingerprint density at radius 2 is 2.00 bits per heavy atom. The summed E-state index contributed by atoms with van der Waals surface area (Å²) in [6.45, 7) is 1.70. The molecule has 0 aliphatic rings. The van der Waals surface area contributed by atoms with Gasteiger partial charge in [0, 0.05) is 10.6 Å². The Morgan fingerprint density at radius 1 is 1.33 bits per heavy atom. The van der Waals surface area contributed by atoms with Crippen LogP contribution in [0.5, 0.6) is 0 Å². The number of fused-ring (bicyclic) bond motifs is 1. The van der Waals surface area contributed by atoms with Crippen molar-refractivity contribution in [1.29, 1.82) is 0 Å². The summed E-state index contributed by atoms with van der Waals surface area (Å²) in [5.41, 5.74) is 1.04. The fourth-order valence-corrected chi connectivity index (χ4v) is 2.91. The van der Waals surface area contributed by atoms with Crippen LogP contribution >= 0.6 is 23.4 Å². The molecular formula is C14H11ClFN3OS. The van der Waals surface area contributed by atoms with Crippen molar-refractivity contribution in [1.82, 2.24) is 14.6 Å². The quantitative estimate of drug-likeness (QED) is 0.734. The van der Waals surface area contributed by atoms with Crippen LogP contribution in [0.4, 0.5) is 4.39 Å². The zero-order chi connectivity index (χ0) is 15.1. The second kappa shape index (κ2) is 5.20. The van der Waals surface area contributed by atoms with Crippen LogP contribution in [0.25, 0.3) is 16.9 Å². The van der Waals surface area contributed by atoms with E-state index in [-0.39, 0.29) is 16.9 Å². The van der Waals surface area contributed by atoms with Gasteiger partial charge in [0.05, 0.1) is 10.6 Å². The van der Waals surface area contributed by atoms with Gasteiger partial charge in [-0.2, -0.15) is 4.52 Å². The van der Waals surface area contributed by atoms with E-state index in [1.54, 1.807) is 37.4 Å². The monoisotopic (exact) mass is 323 g/mol. The summed E-state index contributed by atoms with van der Waals surface area (Å²) in [4.78, 5) is 17.0. The Kier molecular flexibility index (Phi) is 3.51. The van der Waals surface area contributed by atoms with Gasteiger partial charge in [-0.15, -0.1) is 11.8 Å². The van der Waals surface area contributed by atoms with Crippen molar-refractivity contribution < 1.29 is 4.39 Å². The lowest BCUT2D eigenvalue weighted by Crippen LogP contribution is -2.18. The van der Waals surface area contributed by atoms with Gasteiger partial charge in [-0.1, -0.05) is 23.7 Å². The Hall–Kier alpha value is -1.79. The highest BCUT2D eigenvalue weighted by Crippen LogP contribution is 2.25. The highest BCUT2D eigenvalue weighted by molar-refractivity contribution is 7.98. The first kappa shape index (κ1) is 14.2. The summed E-state index contributed by atoms with van der Waals surface area (Å²) in [5.74, 6) is -0.551. The number of hydrogen-bond acceptors (Lipinski definition) is 3. The minimum Gasteiger partial charge on any atom is -0.286 e. The molecule has 2 aromatic heterocycles. The number of hydrogen-bond donors (Lipinski definition) is 1. The maximum Gasteiger partial charge on any atom is 0.286 e. The van der Waals surface area contributed by atoms with E-state index in [2.05, 4.69) is 10.1 Å². The van der Waals surface area contributed by atoms with Crippen LogP contribution < -0.4 is 5.56 Å². The van der Waals surface area contributed by atoms with Gasteiger partial charge in [-0.05, 0) is 25.3 Å². The molecule has 108 valence electrons. The molecule has 3 aromatic rings. The van der Waals surface area contributed by atoms with E-state index in [4.69, 9.17) is 11.6 Å². The van der Waals surface area contributed by atoms with Crippen LogP contribution in [-0.4, -0.2) is 20.9 Å². The fourth-order valence-electron chi connectivity index (χ4n) is 2.18. The molecule has 0 aliphatic heterocycles. The predicted molar refractivity (Wildman–Crippen MR) is 82.7 cm³/mol. The minimum atomic E-state index is -0.551. The Morgan fingerprint density at radius 3 is 2.62 bits per heavy atom. The Balaban J connectivity index is 2.32. The molecule has 0 aliphatic carbocycles. The summed E-state index contributed by atoms with van der Waals surface area (Å²) in [6.07, 6.45) is 1.79. The van der Waals surface area contributed by atoms with E-state index >= 15 is 0 Å². The average Bonchev–Trinajstić information content (AvgIpc) is 2.78. The molecule has 0 spiro atoms. The zero-order valence-electron chi connectivity index (χ0n) is 11.3. The summed E-state index contributed by atoms with van der Waals surface area (Å²) in [6, 6.07) is 6.69. The number of nitrogens with one attached hydrogen (secondary N) is 1. The number of benzene rings is 1. The molecule has 1 N–H and O–H groups in total. The van der Waals surface area contributed by atoms with Crippen molar-refractivity contribution in [2.24, 2.45) is 0 Å². The van der Waals surface area contributed by atoms with Crippen molar-refractivity contribution in [3.63, 3.8) is 0 Å². The third-order valence-corrected chi connectivity index (χ3v) is 4.32. The van der Waals surface area contributed by atoms with Crippen LogP contribution in [-0.2, 0) is 0 Å². The number of aryl methyl sites for hydroxylation is 1.